The monoisotopic (exact) mass is 285 g/mol. The summed E-state index contributed by atoms with van der Waals surface area (Å²) in [6, 6.07) is 9.99. The van der Waals surface area contributed by atoms with Crippen molar-refractivity contribution in [3.8, 4) is 0 Å². The van der Waals surface area contributed by atoms with E-state index in [9.17, 15) is 0 Å². The molecule has 17 heavy (non-hydrogen) atoms. The van der Waals surface area contributed by atoms with Crippen molar-refractivity contribution in [1.82, 2.24) is 0 Å². The van der Waals surface area contributed by atoms with Gasteiger partial charge in [0, 0.05) is 11.6 Å². The van der Waals surface area contributed by atoms with Crippen LogP contribution >= 0.6 is 34.5 Å². The van der Waals surface area contributed by atoms with E-state index in [2.05, 4.69) is 19.1 Å². The Hall–Kier alpha value is -0.540. The van der Waals surface area contributed by atoms with Gasteiger partial charge in [0.1, 0.15) is 0 Å². The molecule has 2 N–H and O–H groups in total. The van der Waals surface area contributed by atoms with Crippen LogP contribution in [0.3, 0.4) is 0 Å². The first-order chi connectivity index (χ1) is 8.08. The van der Waals surface area contributed by atoms with Crippen molar-refractivity contribution in [3.63, 3.8) is 0 Å². The van der Waals surface area contributed by atoms with Crippen LogP contribution < -0.4 is 5.73 Å². The highest BCUT2D eigenvalue weighted by atomic mass is 35.5. The lowest BCUT2D eigenvalue weighted by Gasteiger charge is -2.12. The van der Waals surface area contributed by atoms with Crippen LogP contribution in [0.4, 0.5) is 0 Å². The van der Waals surface area contributed by atoms with Crippen molar-refractivity contribution in [3.05, 3.63) is 55.7 Å². The Morgan fingerprint density at radius 3 is 2.59 bits per heavy atom. The fourth-order valence-electron chi connectivity index (χ4n) is 1.79. The maximum absolute atomic E-state index is 6.17. The van der Waals surface area contributed by atoms with Gasteiger partial charge in [0.2, 0.25) is 0 Å². The van der Waals surface area contributed by atoms with E-state index in [1.165, 1.54) is 22.5 Å². The minimum absolute atomic E-state index is 0.104. The lowest BCUT2D eigenvalue weighted by Crippen LogP contribution is -2.13. The van der Waals surface area contributed by atoms with Crippen LogP contribution in [0.5, 0.6) is 0 Å². The molecule has 0 spiro atoms. The quantitative estimate of drug-likeness (QED) is 0.876. The molecule has 0 radical (unpaired) electrons. The lowest BCUT2D eigenvalue weighted by molar-refractivity contribution is 0.722. The third-order valence-corrected chi connectivity index (χ3v) is 4.30. The molecule has 90 valence electrons. The third kappa shape index (κ3) is 3.02. The molecule has 0 saturated carbocycles. The van der Waals surface area contributed by atoms with E-state index in [1.54, 1.807) is 0 Å². The summed E-state index contributed by atoms with van der Waals surface area (Å²) in [5.74, 6) is 0. The molecule has 0 saturated heterocycles. The van der Waals surface area contributed by atoms with Crippen LogP contribution in [0.25, 0.3) is 0 Å². The number of benzene rings is 1. The molecule has 0 fully saturated rings. The molecule has 2 rings (SSSR count). The highest BCUT2D eigenvalue weighted by molar-refractivity contribution is 7.20. The Bertz CT molecular complexity index is 522. The summed E-state index contributed by atoms with van der Waals surface area (Å²) in [5, 5.41) is 0. The molecule has 0 aliphatic heterocycles. The van der Waals surface area contributed by atoms with E-state index in [0.717, 1.165) is 12.0 Å². The van der Waals surface area contributed by atoms with Crippen LogP contribution in [0.1, 0.15) is 22.7 Å². The number of aryl methyl sites for hydroxylation is 1. The molecule has 1 aromatic heterocycles. The second-order valence-electron chi connectivity index (χ2n) is 4.02. The summed E-state index contributed by atoms with van der Waals surface area (Å²) >= 11 is 13.4. The average Bonchev–Trinajstić information content (AvgIpc) is 2.61. The van der Waals surface area contributed by atoms with Gasteiger partial charge in [0.05, 0.1) is 8.67 Å². The molecule has 1 nitrogen and oxygen atoms in total. The lowest BCUT2D eigenvalue weighted by atomic mass is 9.98. The van der Waals surface area contributed by atoms with E-state index in [-0.39, 0.29) is 6.04 Å². The maximum atomic E-state index is 6.17. The van der Waals surface area contributed by atoms with Crippen LogP contribution in [0, 0.1) is 6.92 Å². The van der Waals surface area contributed by atoms with E-state index < -0.39 is 0 Å². The zero-order chi connectivity index (χ0) is 12.4. The summed E-state index contributed by atoms with van der Waals surface area (Å²) in [7, 11) is 0. The molecule has 0 aliphatic carbocycles. The Kier molecular flexibility index (Phi) is 4.10. The summed E-state index contributed by atoms with van der Waals surface area (Å²) in [6.07, 6.45) is 0.777. The van der Waals surface area contributed by atoms with Gasteiger partial charge in [-0.05, 0) is 30.5 Å². The van der Waals surface area contributed by atoms with Crippen LogP contribution in [0.15, 0.2) is 30.3 Å². The molecular weight excluding hydrogens is 273 g/mol. The second kappa shape index (κ2) is 5.40. The SMILES string of the molecule is Cc1ccccc1CC(N)c1cc(Cl)sc1Cl. The first-order valence-electron chi connectivity index (χ1n) is 5.32. The van der Waals surface area contributed by atoms with Crippen molar-refractivity contribution in [1.29, 1.82) is 0 Å². The number of nitrogens with two attached hydrogens (primary N) is 1. The van der Waals surface area contributed by atoms with Crippen molar-refractivity contribution in [2.45, 2.75) is 19.4 Å². The standard InChI is InChI=1S/C13H13Cl2NS/c1-8-4-2-3-5-9(8)6-11(16)10-7-12(14)17-13(10)15/h2-5,7,11H,6,16H2,1H3. The molecule has 4 heteroatoms. The molecule has 1 unspecified atom stereocenters. The number of hydrogen-bond acceptors (Lipinski definition) is 2. The summed E-state index contributed by atoms with van der Waals surface area (Å²) in [6.45, 7) is 2.09. The predicted molar refractivity (Wildman–Crippen MR) is 76.2 cm³/mol. The minimum atomic E-state index is -0.104. The number of rotatable bonds is 3. The summed E-state index contributed by atoms with van der Waals surface area (Å²) in [4.78, 5) is 0. The Morgan fingerprint density at radius 2 is 2.00 bits per heavy atom. The Morgan fingerprint density at radius 1 is 1.29 bits per heavy atom. The summed E-state index contributed by atoms with van der Waals surface area (Å²) < 4.78 is 1.38. The van der Waals surface area contributed by atoms with E-state index in [4.69, 9.17) is 28.9 Å². The first kappa shape index (κ1) is 12.9. The van der Waals surface area contributed by atoms with E-state index in [0.29, 0.717) is 8.67 Å². The first-order valence-corrected chi connectivity index (χ1v) is 6.90. The third-order valence-electron chi connectivity index (χ3n) is 2.78. The number of halogens is 2. The zero-order valence-electron chi connectivity index (χ0n) is 9.41. The highest BCUT2D eigenvalue weighted by Gasteiger charge is 2.14. The van der Waals surface area contributed by atoms with Crippen molar-refractivity contribution in [2.24, 2.45) is 5.73 Å². The molecule has 0 amide bonds. The van der Waals surface area contributed by atoms with E-state index in [1.807, 2.05) is 18.2 Å². The van der Waals surface area contributed by atoms with Gasteiger partial charge in [-0.3, -0.25) is 0 Å². The smallest absolute Gasteiger partial charge is 0.0992 e. The number of hydrogen-bond donors (Lipinski definition) is 1. The normalized spacial score (nSPS) is 12.7. The molecule has 1 atom stereocenters. The second-order valence-corrected chi connectivity index (χ2v) is 6.30. The van der Waals surface area contributed by atoms with Crippen LogP contribution in [-0.2, 0) is 6.42 Å². The van der Waals surface area contributed by atoms with Crippen molar-refractivity contribution >= 4 is 34.5 Å². The maximum Gasteiger partial charge on any atom is 0.0992 e. The molecule has 1 heterocycles. The topological polar surface area (TPSA) is 26.0 Å². The Balaban J connectivity index is 2.20. The van der Waals surface area contributed by atoms with Crippen LogP contribution in [0.2, 0.25) is 8.67 Å². The van der Waals surface area contributed by atoms with Gasteiger partial charge in [0.15, 0.2) is 0 Å². The van der Waals surface area contributed by atoms with Gasteiger partial charge in [-0.2, -0.15) is 0 Å². The molecule has 1 aromatic carbocycles. The highest BCUT2D eigenvalue weighted by Crippen LogP contribution is 2.35. The van der Waals surface area contributed by atoms with E-state index >= 15 is 0 Å². The van der Waals surface area contributed by atoms with Gasteiger partial charge >= 0.3 is 0 Å². The van der Waals surface area contributed by atoms with Gasteiger partial charge < -0.3 is 5.73 Å². The fourth-order valence-corrected chi connectivity index (χ4v) is 3.39. The van der Waals surface area contributed by atoms with Gasteiger partial charge in [-0.25, -0.2) is 0 Å². The Labute approximate surface area is 115 Å². The van der Waals surface area contributed by atoms with Gasteiger partial charge in [-0.1, -0.05) is 47.5 Å². The predicted octanol–water partition coefficient (Wildman–Crippen LogP) is 4.61. The minimum Gasteiger partial charge on any atom is -0.324 e. The van der Waals surface area contributed by atoms with Gasteiger partial charge in [-0.15, -0.1) is 11.3 Å². The van der Waals surface area contributed by atoms with Gasteiger partial charge in [0.25, 0.3) is 0 Å². The number of thiophene rings is 1. The average molecular weight is 286 g/mol. The zero-order valence-corrected chi connectivity index (χ0v) is 11.7. The molecular formula is C13H13Cl2NS. The molecule has 2 aromatic rings. The van der Waals surface area contributed by atoms with Crippen LogP contribution in [-0.4, -0.2) is 0 Å². The molecule has 0 aliphatic rings. The molecule has 0 bridgehead atoms. The largest absolute Gasteiger partial charge is 0.324 e. The van der Waals surface area contributed by atoms with Crippen molar-refractivity contribution in [2.75, 3.05) is 0 Å². The van der Waals surface area contributed by atoms with Crippen molar-refractivity contribution < 1.29 is 0 Å². The summed E-state index contributed by atoms with van der Waals surface area (Å²) in [5.41, 5.74) is 9.61. The fraction of sp³-hybridized carbons (Fsp3) is 0.231.